The van der Waals surface area contributed by atoms with E-state index in [4.69, 9.17) is 24.0 Å². The lowest BCUT2D eigenvalue weighted by molar-refractivity contribution is -0.0679. The average Bonchev–Trinajstić information content (AvgIpc) is 3.71. The minimum absolute atomic E-state index is 0.185. The molecule has 1 saturated heterocycles. The molecule has 0 spiro atoms. The zero-order valence-electron chi connectivity index (χ0n) is 29.1. The van der Waals surface area contributed by atoms with E-state index in [0.29, 0.717) is 82.4 Å². The van der Waals surface area contributed by atoms with Crippen molar-refractivity contribution in [2.24, 2.45) is 0 Å². The highest BCUT2D eigenvalue weighted by Crippen LogP contribution is 2.39. The number of aliphatic hydroxyl groups is 1. The van der Waals surface area contributed by atoms with Gasteiger partial charge in [-0.2, -0.15) is 5.10 Å². The number of aromatic nitrogens is 3. The summed E-state index contributed by atoms with van der Waals surface area (Å²) < 4.78 is 26.0. The van der Waals surface area contributed by atoms with Crippen LogP contribution in [0.5, 0.6) is 11.5 Å². The average molecular weight is 702 g/mol. The monoisotopic (exact) mass is 701 g/mol. The SMILES string of the molecule is O=C(O)c1c(CCCOc2cccc3ccccc23)c2cccc3c2n1CCCCOCc1[nH]nc(COc2ccc(C4(O)CCOCC4)cc2)c1-3. The van der Waals surface area contributed by atoms with Crippen molar-refractivity contribution in [1.29, 1.82) is 0 Å². The quantitative estimate of drug-likeness (QED) is 0.124. The highest BCUT2D eigenvalue weighted by Gasteiger charge is 2.32. The van der Waals surface area contributed by atoms with Gasteiger partial charge < -0.3 is 33.7 Å². The summed E-state index contributed by atoms with van der Waals surface area (Å²) in [5.41, 5.74) is 5.25. The number of H-pyrrole nitrogens is 1. The third-order valence-electron chi connectivity index (χ3n) is 10.4. The fourth-order valence-corrected chi connectivity index (χ4v) is 7.76. The molecule has 2 aliphatic heterocycles. The molecule has 4 heterocycles. The van der Waals surface area contributed by atoms with Gasteiger partial charge in [0.2, 0.25) is 0 Å². The molecule has 6 aromatic rings. The molecule has 0 amide bonds. The van der Waals surface area contributed by atoms with E-state index in [1.807, 2.05) is 71.3 Å². The topological polar surface area (TPSA) is 128 Å². The molecule has 10 heteroatoms. The third kappa shape index (κ3) is 6.65. The maximum Gasteiger partial charge on any atom is 0.352 e. The molecule has 0 radical (unpaired) electrons. The van der Waals surface area contributed by atoms with Gasteiger partial charge >= 0.3 is 5.97 Å². The molecule has 2 aromatic heterocycles. The highest BCUT2D eigenvalue weighted by atomic mass is 16.5. The summed E-state index contributed by atoms with van der Waals surface area (Å²) in [4.78, 5) is 13.1. The van der Waals surface area contributed by atoms with Crippen LogP contribution in [0.3, 0.4) is 0 Å². The number of nitrogens with one attached hydrogen (secondary N) is 1. The fraction of sp³-hybridized carbons (Fsp3) is 0.333. The molecule has 52 heavy (non-hydrogen) atoms. The Morgan fingerprint density at radius 2 is 1.67 bits per heavy atom. The van der Waals surface area contributed by atoms with E-state index >= 15 is 0 Å². The predicted octanol–water partition coefficient (Wildman–Crippen LogP) is 7.78. The van der Waals surface area contributed by atoms with Crippen molar-refractivity contribution in [3.05, 3.63) is 113 Å². The first kappa shape index (κ1) is 34.0. The number of aromatic carboxylic acids is 1. The van der Waals surface area contributed by atoms with Crippen LogP contribution in [-0.4, -0.2) is 57.4 Å². The van der Waals surface area contributed by atoms with Crippen molar-refractivity contribution in [3.8, 4) is 22.6 Å². The van der Waals surface area contributed by atoms with Gasteiger partial charge in [0.25, 0.3) is 0 Å². The van der Waals surface area contributed by atoms with Gasteiger partial charge in [-0.25, -0.2) is 4.79 Å². The Bertz CT molecular complexity index is 2190. The lowest BCUT2D eigenvalue weighted by atomic mass is 9.86. The van der Waals surface area contributed by atoms with Crippen molar-refractivity contribution in [2.75, 3.05) is 26.4 Å². The molecule has 0 unspecified atom stereocenters. The molecular formula is C42H43N3O7. The van der Waals surface area contributed by atoms with E-state index < -0.39 is 11.6 Å². The van der Waals surface area contributed by atoms with Crippen LogP contribution in [0.15, 0.2) is 84.9 Å². The second-order valence-electron chi connectivity index (χ2n) is 13.7. The van der Waals surface area contributed by atoms with Gasteiger partial charge in [-0.15, -0.1) is 0 Å². The molecule has 0 bridgehead atoms. The lowest BCUT2D eigenvalue weighted by Gasteiger charge is -2.32. The minimum Gasteiger partial charge on any atom is -0.493 e. The van der Waals surface area contributed by atoms with Gasteiger partial charge in [0.15, 0.2) is 0 Å². The van der Waals surface area contributed by atoms with E-state index in [1.54, 1.807) is 0 Å². The van der Waals surface area contributed by atoms with Crippen molar-refractivity contribution >= 4 is 27.6 Å². The second-order valence-corrected chi connectivity index (χ2v) is 13.7. The maximum atomic E-state index is 13.1. The molecule has 8 rings (SSSR count). The number of ether oxygens (including phenoxy) is 4. The van der Waals surface area contributed by atoms with E-state index in [9.17, 15) is 15.0 Å². The number of carboxylic acids is 1. The number of hydrogen-bond acceptors (Lipinski definition) is 7. The van der Waals surface area contributed by atoms with Gasteiger partial charge in [0.1, 0.15) is 29.5 Å². The molecule has 0 aliphatic carbocycles. The van der Waals surface area contributed by atoms with Gasteiger partial charge in [-0.3, -0.25) is 5.10 Å². The number of para-hydroxylation sites is 1. The van der Waals surface area contributed by atoms with Crippen LogP contribution in [0.2, 0.25) is 0 Å². The standard InChI is InChI=1S/C42H43N3O7/c46-41(47)40-33(13-7-23-51-37-14-5-9-28-8-1-2-10-31(28)37)32-11-6-12-34-38-35(26-50-22-4-3-21-45(40)39(32)34)43-44-36(38)27-52-30-17-15-29(16-18-30)42(48)19-24-49-25-20-42/h1-2,5-6,8-12,14-18,48H,3-4,7,13,19-27H2,(H,43,44)(H,46,47). The zero-order chi connectivity index (χ0) is 35.5. The van der Waals surface area contributed by atoms with Crippen LogP contribution in [0.25, 0.3) is 32.8 Å². The molecular weight excluding hydrogens is 658 g/mol. The van der Waals surface area contributed by atoms with Crippen LogP contribution in [0, 0.1) is 0 Å². The van der Waals surface area contributed by atoms with Crippen LogP contribution in [0.1, 0.15) is 65.1 Å². The largest absolute Gasteiger partial charge is 0.493 e. The Kier molecular flexibility index (Phi) is 9.68. The van der Waals surface area contributed by atoms with Crippen molar-refractivity contribution in [2.45, 2.75) is 63.9 Å². The number of hydrogen-bond donors (Lipinski definition) is 3. The number of rotatable bonds is 10. The number of benzene rings is 4. The van der Waals surface area contributed by atoms with Crippen molar-refractivity contribution in [1.82, 2.24) is 14.8 Å². The van der Waals surface area contributed by atoms with Crippen LogP contribution in [0.4, 0.5) is 0 Å². The summed E-state index contributed by atoms with van der Waals surface area (Å²) >= 11 is 0. The Morgan fingerprint density at radius 3 is 2.52 bits per heavy atom. The summed E-state index contributed by atoms with van der Waals surface area (Å²) in [5.74, 6) is 0.544. The van der Waals surface area contributed by atoms with Gasteiger partial charge in [0.05, 0.1) is 30.0 Å². The molecule has 0 saturated carbocycles. The van der Waals surface area contributed by atoms with Gasteiger partial charge in [-0.1, -0.05) is 66.7 Å². The smallest absolute Gasteiger partial charge is 0.352 e. The van der Waals surface area contributed by atoms with E-state index in [0.717, 1.165) is 68.2 Å². The number of aromatic amines is 1. The van der Waals surface area contributed by atoms with Gasteiger partial charge in [0, 0.05) is 61.1 Å². The summed E-state index contributed by atoms with van der Waals surface area (Å²) in [7, 11) is 0. The van der Waals surface area contributed by atoms with Crippen LogP contribution in [-0.2, 0) is 41.3 Å². The molecule has 1 fully saturated rings. The lowest BCUT2D eigenvalue weighted by Crippen LogP contribution is -2.33. The number of fused-ring (bicyclic) bond motifs is 3. The minimum atomic E-state index is -0.942. The molecule has 4 aromatic carbocycles. The first-order valence-electron chi connectivity index (χ1n) is 18.2. The third-order valence-corrected chi connectivity index (χ3v) is 10.4. The molecule has 10 nitrogen and oxygen atoms in total. The van der Waals surface area contributed by atoms with E-state index in [-0.39, 0.29) is 6.61 Å². The van der Waals surface area contributed by atoms with Crippen LogP contribution < -0.4 is 9.47 Å². The number of carbonyl (C=O) groups is 1. The summed E-state index contributed by atoms with van der Waals surface area (Å²) in [6.45, 7) is 3.17. The predicted molar refractivity (Wildman–Crippen MR) is 198 cm³/mol. The number of aryl methyl sites for hydroxylation is 2. The number of nitrogens with zero attached hydrogens (tertiary/aromatic N) is 2. The zero-order valence-corrected chi connectivity index (χ0v) is 29.1. The Hall–Kier alpha value is -5.16. The Labute approximate surface area is 301 Å². The summed E-state index contributed by atoms with van der Waals surface area (Å²) in [6.07, 6.45) is 3.91. The van der Waals surface area contributed by atoms with Gasteiger partial charge in [-0.05, 0) is 60.4 Å². The Morgan fingerprint density at radius 1 is 0.885 bits per heavy atom. The summed E-state index contributed by atoms with van der Waals surface area (Å²) in [5, 5.41) is 32.8. The number of carboxylic acid groups (broad SMARTS) is 1. The molecule has 0 atom stereocenters. The van der Waals surface area contributed by atoms with Crippen molar-refractivity contribution in [3.63, 3.8) is 0 Å². The van der Waals surface area contributed by atoms with E-state index in [2.05, 4.69) is 23.3 Å². The second kappa shape index (κ2) is 14.8. The molecule has 268 valence electrons. The fourth-order valence-electron chi connectivity index (χ4n) is 7.76. The normalized spacial score (nSPS) is 15.9. The Balaban J connectivity index is 1.10. The molecule has 2 aliphatic rings. The highest BCUT2D eigenvalue weighted by molar-refractivity contribution is 6.04. The van der Waals surface area contributed by atoms with Crippen molar-refractivity contribution < 1.29 is 34.0 Å². The maximum absolute atomic E-state index is 13.1. The van der Waals surface area contributed by atoms with E-state index in [1.165, 1.54) is 0 Å². The summed E-state index contributed by atoms with van der Waals surface area (Å²) in [6, 6.07) is 27.8. The first-order chi connectivity index (χ1) is 25.5. The van der Waals surface area contributed by atoms with Crippen LogP contribution >= 0.6 is 0 Å². The first-order valence-corrected chi connectivity index (χ1v) is 18.2. The molecule has 3 N–H and O–H groups in total.